The fourth-order valence-corrected chi connectivity index (χ4v) is 1.71. The van der Waals surface area contributed by atoms with Gasteiger partial charge in [0.2, 0.25) is 5.91 Å². The lowest BCUT2D eigenvalue weighted by Gasteiger charge is -2.14. The number of benzene rings is 1. The summed E-state index contributed by atoms with van der Waals surface area (Å²) in [5, 5.41) is 13.7. The zero-order valence-corrected chi connectivity index (χ0v) is 12.8. The highest BCUT2D eigenvalue weighted by Gasteiger charge is 2.20. The predicted molar refractivity (Wildman–Crippen MR) is 79.3 cm³/mol. The monoisotopic (exact) mass is 308 g/mol. The number of ether oxygens (including phenoxy) is 1. The SMILES string of the molecule is COC(=O)[C@@H](CO)NC(=O)CNC(=O)c1ccc(C)c(C)c1. The van der Waals surface area contributed by atoms with Crippen molar-refractivity contribution in [1.29, 1.82) is 0 Å². The van der Waals surface area contributed by atoms with Crippen LogP contribution in [0.2, 0.25) is 0 Å². The number of esters is 1. The van der Waals surface area contributed by atoms with Crippen molar-refractivity contribution in [3.05, 3.63) is 34.9 Å². The third kappa shape index (κ3) is 4.85. The molecule has 0 radical (unpaired) electrons. The van der Waals surface area contributed by atoms with Crippen LogP contribution in [0.15, 0.2) is 18.2 Å². The van der Waals surface area contributed by atoms with E-state index in [-0.39, 0.29) is 6.54 Å². The van der Waals surface area contributed by atoms with E-state index in [1.54, 1.807) is 12.1 Å². The number of nitrogens with one attached hydrogen (secondary N) is 2. The average Bonchev–Trinajstić information content (AvgIpc) is 2.52. The molecule has 120 valence electrons. The van der Waals surface area contributed by atoms with Gasteiger partial charge in [0.05, 0.1) is 20.3 Å². The maximum Gasteiger partial charge on any atom is 0.330 e. The Morgan fingerprint density at radius 2 is 1.91 bits per heavy atom. The van der Waals surface area contributed by atoms with Gasteiger partial charge in [-0.05, 0) is 37.1 Å². The van der Waals surface area contributed by atoms with Crippen molar-refractivity contribution in [2.24, 2.45) is 0 Å². The van der Waals surface area contributed by atoms with Crippen LogP contribution in [0.1, 0.15) is 21.5 Å². The highest BCUT2D eigenvalue weighted by atomic mass is 16.5. The zero-order chi connectivity index (χ0) is 16.7. The van der Waals surface area contributed by atoms with Gasteiger partial charge >= 0.3 is 5.97 Å². The molecule has 1 aromatic rings. The van der Waals surface area contributed by atoms with Crippen LogP contribution in [0.5, 0.6) is 0 Å². The summed E-state index contributed by atoms with van der Waals surface area (Å²) in [5.74, 6) is -1.74. The van der Waals surface area contributed by atoms with Crippen molar-refractivity contribution in [3.8, 4) is 0 Å². The van der Waals surface area contributed by atoms with Crippen molar-refractivity contribution in [2.45, 2.75) is 19.9 Å². The molecule has 0 aliphatic rings. The molecule has 0 saturated heterocycles. The Bertz CT molecular complexity index is 571. The molecule has 0 aliphatic carbocycles. The van der Waals surface area contributed by atoms with E-state index in [0.29, 0.717) is 5.56 Å². The Morgan fingerprint density at radius 3 is 2.45 bits per heavy atom. The molecular weight excluding hydrogens is 288 g/mol. The predicted octanol–water partition coefficient (Wildman–Crippen LogP) is -0.317. The van der Waals surface area contributed by atoms with E-state index in [2.05, 4.69) is 15.4 Å². The number of aliphatic hydroxyl groups excluding tert-OH is 1. The molecule has 3 N–H and O–H groups in total. The van der Waals surface area contributed by atoms with E-state index in [9.17, 15) is 14.4 Å². The first-order valence-corrected chi connectivity index (χ1v) is 6.72. The summed E-state index contributed by atoms with van der Waals surface area (Å²) < 4.78 is 4.42. The Labute approximate surface area is 128 Å². The molecule has 0 aliphatic heterocycles. The maximum absolute atomic E-state index is 11.9. The standard InChI is InChI=1S/C15H20N2O5/c1-9-4-5-11(6-10(9)2)14(20)16-7-13(19)17-12(8-18)15(21)22-3/h4-6,12,18H,7-8H2,1-3H3,(H,16,20)(H,17,19)/t12-/m1/s1. The number of aliphatic hydroxyl groups is 1. The third-order valence-electron chi connectivity index (χ3n) is 3.18. The van der Waals surface area contributed by atoms with Crippen LogP contribution >= 0.6 is 0 Å². The molecule has 0 bridgehead atoms. The van der Waals surface area contributed by atoms with Crippen LogP contribution in [0, 0.1) is 13.8 Å². The van der Waals surface area contributed by atoms with Crippen LogP contribution in [-0.2, 0) is 14.3 Å². The Morgan fingerprint density at radius 1 is 1.23 bits per heavy atom. The van der Waals surface area contributed by atoms with Crippen molar-refractivity contribution < 1.29 is 24.2 Å². The van der Waals surface area contributed by atoms with Crippen LogP contribution in [0.4, 0.5) is 0 Å². The minimum absolute atomic E-state index is 0.306. The molecule has 0 spiro atoms. The maximum atomic E-state index is 11.9. The molecule has 0 heterocycles. The molecule has 0 aromatic heterocycles. The lowest BCUT2D eigenvalue weighted by Crippen LogP contribution is -2.47. The van der Waals surface area contributed by atoms with Crippen molar-refractivity contribution >= 4 is 17.8 Å². The summed E-state index contributed by atoms with van der Waals surface area (Å²) in [5.41, 5.74) is 2.49. The highest BCUT2D eigenvalue weighted by Crippen LogP contribution is 2.09. The lowest BCUT2D eigenvalue weighted by molar-refractivity contribution is -0.146. The summed E-state index contributed by atoms with van der Waals surface area (Å²) in [6.07, 6.45) is 0. The van der Waals surface area contributed by atoms with Gasteiger partial charge in [0.15, 0.2) is 6.04 Å². The smallest absolute Gasteiger partial charge is 0.330 e. The van der Waals surface area contributed by atoms with E-state index in [1.807, 2.05) is 19.9 Å². The van der Waals surface area contributed by atoms with Crippen molar-refractivity contribution in [1.82, 2.24) is 10.6 Å². The molecule has 2 amide bonds. The van der Waals surface area contributed by atoms with Gasteiger partial charge < -0.3 is 20.5 Å². The number of rotatable bonds is 6. The molecule has 7 nitrogen and oxygen atoms in total. The largest absolute Gasteiger partial charge is 0.467 e. The average molecular weight is 308 g/mol. The minimum Gasteiger partial charge on any atom is -0.467 e. The number of carbonyl (C=O) groups is 3. The number of hydrogen-bond acceptors (Lipinski definition) is 5. The summed E-state index contributed by atoms with van der Waals surface area (Å²) in [6.45, 7) is 2.94. The quantitative estimate of drug-likeness (QED) is 0.625. The van der Waals surface area contributed by atoms with Gasteiger partial charge in [-0.15, -0.1) is 0 Å². The summed E-state index contributed by atoms with van der Waals surface area (Å²) in [4.78, 5) is 34.8. The van der Waals surface area contributed by atoms with E-state index in [0.717, 1.165) is 18.2 Å². The second kappa shape index (κ2) is 8.14. The van der Waals surface area contributed by atoms with Crippen LogP contribution < -0.4 is 10.6 Å². The Kier molecular flexibility index (Phi) is 6.52. The molecule has 1 rings (SSSR count). The minimum atomic E-state index is -1.14. The number of methoxy groups -OCH3 is 1. The molecule has 1 atom stereocenters. The van der Waals surface area contributed by atoms with Crippen LogP contribution in [0.3, 0.4) is 0 Å². The number of hydrogen-bond donors (Lipinski definition) is 3. The van der Waals surface area contributed by atoms with Gasteiger partial charge in [-0.3, -0.25) is 9.59 Å². The number of carbonyl (C=O) groups excluding carboxylic acids is 3. The topological polar surface area (TPSA) is 105 Å². The molecule has 7 heteroatoms. The first kappa shape index (κ1) is 17.6. The second-order valence-electron chi connectivity index (χ2n) is 4.81. The fourth-order valence-electron chi connectivity index (χ4n) is 1.71. The number of amides is 2. The van der Waals surface area contributed by atoms with E-state index >= 15 is 0 Å². The summed E-state index contributed by atoms with van der Waals surface area (Å²) in [7, 11) is 1.15. The molecule has 22 heavy (non-hydrogen) atoms. The Hall–Kier alpha value is -2.41. The van der Waals surface area contributed by atoms with Crippen LogP contribution in [-0.4, -0.2) is 49.2 Å². The van der Waals surface area contributed by atoms with Crippen molar-refractivity contribution in [2.75, 3.05) is 20.3 Å². The molecule has 1 aromatic carbocycles. The Balaban J connectivity index is 2.54. The van der Waals surface area contributed by atoms with Gasteiger partial charge in [-0.1, -0.05) is 6.07 Å². The molecule has 0 saturated carbocycles. The fraction of sp³-hybridized carbons (Fsp3) is 0.400. The van der Waals surface area contributed by atoms with Crippen LogP contribution in [0.25, 0.3) is 0 Å². The normalized spacial score (nSPS) is 11.5. The van der Waals surface area contributed by atoms with Gasteiger partial charge in [0.25, 0.3) is 5.91 Å². The molecule has 0 fully saturated rings. The zero-order valence-electron chi connectivity index (χ0n) is 12.8. The van der Waals surface area contributed by atoms with E-state index < -0.39 is 30.4 Å². The van der Waals surface area contributed by atoms with E-state index in [1.165, 1.54) is 0 Å². The molecular formula is C15H20N2O5. The second-order valence-corrected chi connectivity index (χ2v) is 4.81. The van der Waals surface area contributed by atoms with Gasteiger partial charge in [0, 0.05) is 5.56 Å². The third-order valence-corrected chi connectivity index (χ3v) is 3.18. The first-order chi connectivity index (χ1) is 10.4. The highest BCUT2D eigenvalue weighted by molar-refractivity contribution is 5.97. The lowest BCUT2D eigenvalue weighted by atomic mass is 10.1. The summed E-state index contributed by atoms with van der Waals surface area (Å²) >= 11 is 0. The summed E-state index contributed by atoms with van der Waals surface area (Å²) in [6, 6.07) is 4.08. The van der Waals surface area contributed by atoms with Gasteiger partial charge in [-0.2, -0.15) is 0 Å². The molecule has 0 unspecified atom stereocenters. The van der Waals surface area contributed by atoms with E-state index in [4.69, 9.17) is 5.11 Å². The van der Waals surface area contributed by atoms with Gasteiger partial charge in [0.1, 0.15) is 0 Å². The number of aryl methyl sites for hydroxylation is 2. The van der Waals surface area contributed by atoms with Gasteiger partial charge in [-0.25, -0.2) is 4.79 Å². The van der Waals surface area contributed by atoms with Crippen molar-refractivity contribution in [3.63, 3.8) is 0 Å². The first-order valence-electron chi connectivity index (χ1n) is 6.72.